The number of carboxylic acids is 1. The van der Waals surface area contributed by atoms with Gasteiger partial charge >= 0.3 is 12.1 Å². The van der Waals surface area contributed by atoms with Crippen molar-refractivity contribution < 1.29 is 24.2 Å². The number of carbonyl (C=O) groups excluding carboxylic acids is 2. The lowest BCUT2D eigenvalue weighted by Gasteiger charge is -2.07. The summed E-state index contributed by atoms with van der Waals surface area (Å²) in [7, 11) is 0. The number of nitrogens with one attached hydrogen (secondary N) is 2. The molecule has 0 heterocycles. The van der Waals surface area contributed by atoms with E-state index < -0.39 is 12.1 Å². The number of amides is 2. The smallest absolute Gasteiger partial charge is 0.417 e. The van der Waals surface area contributed by atoms with Crippen LogP contribution in [0.15, 0.2) is 48.5 Å². The van der Waals surface area contributed by atoms with Gasteiger partial charge in [-0.15, -0.1) is 0 Å². The van der Waals surface area contributed by atoms with Crippen LogP contribution < -0.4 is 14.8 Å². The molecule has 2 aromatic rings. The second kappa shape index (κ2) is 7.32. The molecule has 0 spiro atoms. The first-order valence-corrected chi connectivity index (χ1v) is 6.81. The summed E-state index contributed by atoms with van der Waals surface area (Å²) in [6.45, 7) is 0. The molecule has 2 aromatic carbocycles. The highest BCUT2D eigenvalue weighted by Gasteiger charge is 2.09. The third-order valence-corrected chi connectivity index (χ3v) is 2.99. The van der Waals surface area contributed by atoms with Crippen molar-refractivity contribution in [3.05, 3.63) is 59.7 Å². The van der Waals surface area contributed by atoms with Gasteiger partial charge in [0, 0.05) is 11.3 Å². The Labute approximate surface area is 136 Å². The van der Waals surface area contributed by atoms with Crippen molar-refractivity contribution in [2.45, 2.75) is 0 Å². The molecule has 3 N–H and O–H groups in total. The molecular weight excluding hydrogens is 320 g/mol. The highest BCUT2D eigenvalue weighted by molar-refractivity contribution is 7.78. The van der Waals surface area contributed by atoms with E-state index in [-0.39, 0.29) is 17.2 Å². The van der Waals surface area contributed by atoms with Gasteiger partial charge in [0.25, 0.3) is 5.91 Å². The number of rotatable bonds is 4. The third-order valence-electron chi connectivity index (χ3n) is 2.78. The maximum atomic E-state index is 11.8. The van der Waals surface area contributed by atoms with Crippen molar-refractivity contribution in [2.75, 3.05) is 5.32 Å². The summed E-state index contributed by atoms with van der Waals surface area (Å²) in [5.74, 6) is -1.25. The van der Waals surface area contributed by atoms with Gasteiger partial charge in [-0.3, -0.25) is 14.8 Å². The molecule has 0 fully saturated rings. The Morgan fingerprint density at radius 1 is 1.00 bits per heavy atom. The van der Waals surface area contributed by atoms with E-state index in [0.29, 0.717) is 11.3 Å². The zero-order valence-corrected chi connectivity index (χ0v) is 12.5. The van der Waals surface area contributed by atoms with Crippen LogP contribution in [0.3, 0.4) is 0 Å². The van der Waals surface area contributed by atoms with Crippen molar-refractivity contribution in [3.8, 4) is 5.75 Å². The van der Waals surface area contributed by atoms with Crippen LogP contribution in [0.25, 0.3) is 0 Å². The van der Waals surface area contributed by atoms with E-state index in [1.165, 1.54) is 48.5 Å². The summed E-state index contributed by atoms with van der Waals surface area (Å²) in [4.78, 5) is 33.9. The molecule has 0 unspecified atom stereocenters. The molecule has 23 heavy (non-hydrogen) atoms. The number of carboxylic acid groups (broad SMARTS) is 1. The quantitative estimate of drug-likeness (QED) is 0.644. The van der Waals surface area contributed by atoms with Crippen molar-refractivity contribution in [3.63, 3.8) is 0 Å². The predicted octanol–water partition coefficient (Wildman–Crippen LogP) is 2.57. The van der Waals surface area contributed by atoms with Gasteiger partial charge in [-0.05, 0) is 42.5 Å². The van der Waals surface area contributed by atoms with Crippen LogP contribution >= 0.6 is 12.8 Å². The number of thiol groups is 1. The van der Waals surface area contributed by atoms with Crippen LogP contribution in [0.5, 0.6) is 5.75 Å². The minimum absolute atomic E-state index is 0.0462. The Balaban J connectivity index is 2.01. The molecule has 0 bridgehead atoms. The average Bonchev–Trinajstić information content (AvgIpc) is 2.55. The number of anilines is 1. The Hall–Kier alpha value is -3.00. The predicted molar refractivity (Wildman–Crippen MR) is 85.9 cm³/mol. The van der Waals surface area contributed by atoms with Gasteiger partial charge in [0.05, 0.1) is 5.56 Å². The molecular formula is C15H12N2O5S. The Morgan fingerprint density at radius 3 is 2.30 bits per heavy atom. The minimum Gasteiger partial charge on any atom is -0.478 e. The van der Waals surface area contributed by atoms with Crippen LogP contribution in [0.2, 0.25) is 0 Å². The standard InChI is InChI=1S/C15H12N2O5S/c18-13(17-23)9-4-6-12(7-5-9)22-15(21)16-11-3-1-2-10(8-11)14(19)20/h1-8,23H,(H,16,21)(H,17,18)(H,19,20). The van der Waals surface area contributed by atoms with Crippen molar-refractivity contribution in [1.29, 1.82) is 0 Å². The zero-order valence-electron chi connectivity index (χ0n) is 11.6. The lowest BCUT2D eigenvalue weighted by atomic mass is 10.2. The molecule has 2 rings (SSSR count). The number of hydrogen-bond donors (Lipinski definition) is 4. The second-order valence-corrected chi connectivity index (χ2v) is 4.59. The van der Waals surface area contributed by atoms with Crippen molar-refractivity contribution >= 4 is 36.5 Å². The summed E-state index contributed by atoms with van der Waals surface area (Å²) < 4.78 is 7.21. The molecule has 0 atom stereocenters. The second-order valence-electron chi connectivity index (χ2n) is 4.37. The normalized spacial score (nSPS) is 9.78. The lowest BCUT2D eigenvalue weighted by Crippen LogP contribution is -2.17. The largest absolute Gasteiger partial charge is 0.478 e. The molecule has 0 aromatic heterocycles. The third kappa shape index (κ3) is 4.48. The molecule has 0 radical (unpaired) electrons. The fraction of sp³-hybridized carbons (Fsp3) is 0. The SMILES string of the molecule is O=C(Nc1cccc(C(=O)O)c1)Oc1ccc(C(=O)NS)cc1. The number of hydrogen-bond acceptors (Lipinski definition) is 5. The van der Waals surface area contributed by atoms with Gasteiger partial charge < -0.3 is 9.84 Å². The Kier molecular flexibility index (Phi) is 5.21. The van der Waals surface area contributed by atoms with Crippen molar-refractivity contribution in [1.82, 2.24) is 4.72 Å². The summed E-state index contributed by atoms with van der Waals surface area (Å²) in [5.41, 5.74) is 0.702. The monoisotopic (exact) mass is 332 g/mol. The maximum Gasteiger partial charge on any atom is 0.417 e. The molecule has 0 aliphatic carbocycles. The number of benzene rings is 2. The maximum absolute atomic E-state index is 11.8. The highest BCUT2D eigenvalue weighted by atomic mass is 32.1. The van der Waals surface area contributed by atoms with Crippen molar-refractivity contribution in [2.24, 2.45) is 0 Å². The Bertz CT molecular complexity index is 746. The number of carbonyl (C=O) groups is 3. The first-order chi connectivity index (χ1) is 11.0. The van der Waals surface area contributed by atoms with Gasteiger partial charge in [0.2, 0.25) is 0 Å². The topological polar surface area (TPSA) is 105 Å². The average molecular weight is 332 g/mol. The Morgan fingerprint density at radius 2 is 1.70 bits per heavy atom. The molecule has 118 valence electrons. The first kappa shape index (κ1) is 16.4. The van der Waals surface area contributed by atoms with E-state index in [1.54, 1.807) is 0 Å². The van der Waals surface area contributed by atoms with Crippen LogP contribution in [0.1, 0.15) is 20.7 Å². The van der Waals surface area contributed by atoms with E-state index in [9.17, 15) is 14.4 Å². The molecule has 7 nitrogen and oxygen atoms in total. The zero-order chi connectivity index (χ0) is 16.8. The van der Waals surface area contributed by atoms with Gasteiger partial charge in [0.15, 0.2) is 0 Å². The summed E-state index contributed by atoms with van der Waals surface area (Å²) >= 11 is 3.65. The molecule has 0 saturated carbocycles. The van der Waals surface area contributed by atoms with Gasteiger partial charge in [-0.25, -0.2) is 9.59 Å². The molecule has 0 aliphatic heterocycles. The minimum atomic E-state index is -1.10. The van der Waals surface area contributed by atoms with E-state index in [0.717, 1.165) is 0 Å². The summed E-state index contributed by atoms with van der Waals surface area (Å²) in [6.07, 6.45) is -0.779. The van der Waals surface area contributed by atoms with Crippen LogP contribution in [0.4, 0.5) is 10.5 Å². The summed E-state index contributed by atoms with van der Waals surface area (Å²) in [5, 5.41) is 11.3. The van der Waals surface area contributed by atoms with Gasteiger partial charge in [-0.1, -0.05) is 18.9 Å². The molecule has 2 amide bonds. The van der Waals surface area contributed by atoms with E-state index in [4.69, 9.17) is 9.84 Å². The molecule has 8 heteroatoms. The summed E-state index contributed by atoms with van der Waals surface area (Å²) in [6, 6.07) is 11.6. The van der Waals surface area contributed by atoms with Gasteiger partial charge in [-0.2, -0.15) is 0 Å². The van der Waals surface area contributed by atoms with Crippen LogP contribution in [0, 0.1) is 0 Å². The van der Waals surface area contributed by atoms with Crippen LogP contribution in [-0.4, -0.2) is 23.1 Å². The fourth-order valence-electron chi connectivity index (χ4n) is 1.72. The molecule has 0 aliphatic rings. The molecule has 0 saturated heterocycles. The van der Waals surface area contributed by atoms with E-state index in [2.05, 4.69) is 22.9 Å². The highest BCUT2D eigenvalue weighted by Crippen LogP contribution is 2.15. The number of aromatic carboxylic acids is 1. The number of ether oxygens (including phenoxy) is 1. The fourth-order valence-corrected chi connectivity index (χ4v) is 1.85. The lowest BCUT2D eigenvalue weighted by molar-refractivity contribution is 0.0696. The van der Waals surface area contributed by atoms with Crippen LogP contribution in [-0.2, 0) is 0 Å². The van der Waals surface area contributed by atoms with Gasteiger partial charge in [0.1, 0.15) is 5.75 Å². The first-order valence-electron chi connectivity index (χ1n) is 6.36. The van der Waals surface area contributed by atoms with E-state index in [1.807, 2.05) is 0 Å². The van der Waals surface area contributed by atoms with E-state index >= 15 is 0 Å².